The van der Waals surface area contributed by atoms with E-state index in [2.05, 4.69) is 46.5 Å². The average Bonchev–Trinajstić information content (AvgIpc) is 3.02. The first-order chi connectivity index (χ1) is 11.6. The molecule has 1 unspecified atom stereocenters. The van der Waals surface area contributed by atoms with Gasteiger partial charge in [-0.15, -0.1) is 24.8 Å². The largest absolute Gasteiger partial charge is 0.368 e. The summed E-state index contributed by atoms with van der Waals surface area (Å²) in [6.07, 6.45) is 3.64. The number of aromatic nitrogens is 2. The van der Waals surface area contributed by atoms with Gasteiger partial charge in [-0.1, -0.05) is 12.1 Å². The maximum Gasteiger partial charge on any atom is 0.244 e. The second kappa shape index (κ2) is 9.80. The molecule has 26 heavy (non-hydrogen) atoms. The van der Waals surface area contributed by atoms with E-state index < -0.39 is 0 Å². The highest BCUT2D eigenvalue weighted by Crippen LogP contribution is 2.20. The minimum atomic E-state index is -0.329. The number of nitrogens with one attached hydrogen (secondary N) is 1. The van der Waals surface area contributed by atoms with E-state index in [1.54, 1.807) is 10.9 Å². The number of aryl methyl sites for hydroxylation is 2. The van der Waals surface area contributed by atoms with Gasteiger partial charge in [0.05, 0.1) is 6.20 Å². The predicted octanol–water partition coefficient (Wildman–Crippen LogP) is 2.18. The summed E-state index contributed by atoms with van der Waals surface area (Å²) in [5, 5.41) is 7.29. The molecule has 1 N–H and O–H groups in total. The smallest absolute Gasteiger partial charge is 0.244 e. The Kier molecular flexibility index (Phi) is 8.40. The highest BCUT2D eigenvalue weighted by atomic mass is 35.5. The van der Waals surface area contributed by atoms with Crippen LogP contribution < -0.4 is 10.2 Å². The van der Waals surface area contributed by atoms with Crippen molar-refractivity contribution in [2.75, 3.05) is 38.1 Å². The normalized spacial score (nSPS) is 15.0. The van der Waals surface area contributed by atoms with Crippen molar-refractivity contribution in [3.05, 3.63) is 47.8 Å². The highest BCUT2D eigenvalue weighted by Gasteiger charge is 2.28. The third-order valence-electron chi connectivity index (χ3n) is 4.55. The van der Waals surface area contributed by atoms with Crippen LogP contribution in [-0.2, 0) is 11.8 Å². The molecule has 8 heteroatoms. The molecule has 3 rings (SSSR count). The Morgan fingerprint density at radius 3 is 2.42 bits per heavy atom. The van der Waals surface area contributed by atoms with E-state index >= 15 is 0 Å². The van der Waals surface area contributed by atoms with Crippen LogP contribution >= 0.6 is 24.8 Å². The first-order valence-corrected chi connectivity index (χ1v) is 8.34. The van der Waals surface area contributed by atoms with Crippen LogP contribution in [0.3, 0.4) is 0 Å². The molecule has 1 aromatic carbocycles. The fourth-order valence-electron chi connectivity index (χ4n) is 3.21. The van der Waals surface area contributed by atoms with Crippen LogP contribution in [0.2, 0.25) is 0 Å². The quantitative estimate of drug-likeness (QED) is 0.855. The number of amides is 1. The Morgan fingerprint density at radius 2 is 1.88 bits per heavy atom. The molecule has 0 spiro atoms. The van der Waals surface area contributed by atoms with Gasteiger partial charge in [-0.25, -0.2) is 0 Å². The van der Waals surface area contributed by atoms with Crippen LogP contribution in [-0.4, -0.2) is 53.8 Å². The summed E-state index contributed by atoms with van der Waals surface area (Å²) in [6, 6.07) is 8.19. The van der Waals surface area contributed by atoms with Crippen molar-refractivity contribution in [2.45, 2.75) is 13.0 Å². The lowest BCUT2D eigenvalue weighted by Gasteiger charge is -2.37. The van der Waals surface area contributed by atoms with Gasteiger partial charge in [-0.3, -0.25) is 9.48 Å². The molecular weight excluding hydrogens is 373 g/mol. The highest BCUT2D eigenvalue weighted by molar-refractivity contribution is 5.85. The molecule has 0 saturated carbocycles. The van der Waals surface area contributed by atoms with E-state index in [0.717, 1.165) is 31.7 Å². The maximum atomic E-state index is 12.8. The van der Waals surface area contributed by atoms with E-state index in [-0.39, 0.29) is 36.8 Å². The zero-order valence-electron chi connectivity index (χ0n) is 15.4. The molecule has 1 saturated heterocycles. The van der Waals surface area contributed by atoms with Crippen LogP contribution in [0.15, 0.2) is 36.7 Å². The van der Waals surface area contributed by atoms with Crippen molar-refractivity contribution >= 4 is 36.4 Å². The lowest BCUT2D eigenvalue weighted by molar-refractivity contribution is -0.133. The third-order valence-corrected chi connectivity index (χ3v) is 4.55. The molecule has 1 aromatic heterocycles. The number of hydrogen-bond acceptors (Lipinski definition) is 4. The Balaban J connectivity index is 0.00000169. The standard InChI is InChI=1S/C18H25N5O.2ClH/c1-14-5-4-6-16(11-14)22-7-9-23(10-8-22)18(24)17(19-2)15-12-20-21(3)13-15;;/h4-6,11-13,17,19H,7-10H2,1-3H3;2*1H. The molecule has 2 heterocycles. The van der Waals surface area contributed by atoms with Gasteiger partial charge in [0.2, 0.25) is 5.91 Å². The van der Waals surface area contributed by atoms with E-state index in [4.69, 9.17) is 0 Å². The molecule has 144 valence electrons. The number of anilines is 1. The van der Waals surface area contributed by atoms with E-state index in [0.29, 0.717) is 0 Å². The van der Waals surface area contributed by atoms with Crippen LogP contribution in [0.1, 0.15) is 17.2 Å². The van der Waals surface area contributed by atoms with Crippen molar-refractivity contribution < 1.29 is 4.79 Å². The zero-order valence-corrected chi connectivity index (χ0v) is 17.0. The first-order valence-electron chi connectivity index (χ1n) is 8.34. The number of halogens is 2. The third kappa shape index (κ3) is 4.90. The summed E-state index contributed by atoms with van der Waals surface area (Å²) in [6.45, 7) is 5.31. The molecule has 1 atom stereocenters. The summed E-state index contributed by atoms with van der Waals surface area (Å²) in [7, 11) is 3.68. The van der Waals surface area contributed by atoms with Crippen LogP contribution in [0.4, 0.5) is 5.69 Å². The Hall–Kier alpha value is -1.76. The lowest BCUT2D eigenvalue weighted by atomic mass is 10.1. The lowest BCUT2D eigenvalue weighted by Crippen LogP contribution is -2.51. The summed E-state index contributed by atoms with van der Waals surface area (Å²) in [5.41, 5.74) is 3.41. The molecule has 2 aromatic rings. The second-order valence-corrected chi connectivity index (χ2v) is 6.32. The van der Waals surface area contributed by atoms with Gasteiger partial charge in [-0.05, 0) is 31.7 Å². The minimum absolute atomic E-state index is 0. The topological polar surface area (TPSA) is 53.4 Å². The predicted molar refractivity (Wildman–Crippen MR) is 109 cm³/mol. The zero-order chi connectivity index (χ0) is 17.1. The van der Waals surface area contributed by atoms with Gasteiger partial charge in [0, 0.05) is 50.7 Å². The number of carbonyl (C=O) groups excluding carboxylic acids is 1. The molecule has 1 aliphatic heterocycles. The first kappa shape index (κ1) is 22.3. The average molecular weight is 400 g/mol. The molecule has 0 bridgehead atoms. The molecular formula is C18H27Cl2N5O. The number of piperazine rings is 1. The minimum Gasteiger partial charge on any atom is -0.368 e. The van der Waals surface area contributed by atoms with E-state index in [1.165, 1.54) is 11.3 Å². The second-order valence-electron chi connectivity index (χ2n) is 6.32. The van der Waals surface area contributed by atoms with Gasteiger partial charge >= 0.3 is 0 Å². The van der Waals surface area contributed by atoms with Crippen molar-refractivity contribution in [2.24, 2.45) is 7.05 Å². The van der Waals surface area contributed by atoms with Gasteiger partial charge < -0.3 is 15.1 Å². The number of rotatable bonds is 4. The van der Waals surface area contributed by atoms with Gasteiger partial charge in [0.15, 0.2) is 0 Å². The number of likely N-dealkylation sites (N-methyl/N-ethyl adjacent to an activating group) is 1. The fraction of sp³-hybridized carbons (Fsp3) is 0.444. The fourth-order valence-corrected chi connectivity index (χ4v) is 3.21. The van der Waals surface area contributed by atoms with Crippen LogP contribution in [0.25, 0.3) is 0 Å². The summed E-state index contributed by atoms with van der Waals surface area (Å²) in [4.78, 5) is 17.1. The Labute approximate surface area is 167 Å². The Morgan fingerprint density at radius 1 is 1.19 bits per heavy atom. The van der Waals surface area contributed by atoms with Crippen molar-refractivity contribution in [1.29, 1.82) is 0 Å². The van der Waals surface area contributed by atoms with E-state index in [1.807, 2.05) is 25.2 Å². The van der Waals surface area contributed by atoms with Crippen molar-refractivity contribution in [1.82, 2.24) is 20.0 Å². The number of hydrogen-bond donors (Lipinski definition) is 1. The van der Waals surface area contributed by atoms with Gasteiger partial charge in [0.1, 0.15) is 6.04 Å². The van der Waals surface area contributed by atoms with Gasteiger partial charge in [0.25, 0.3) is 0 Å². The molecule has 0 radical (unpaired) electrons. The SMILES string of the molecule is CNC(C(=O)N1CCN(c2cccc(C)c2)CC1)c1cnn(C)c1.Cl.Cl. The molecule has 1 fully saturated rings. The summed E-state index contributed by atoms with van der Waals surface area (Å²) < 4.78 is 1.72. The molecule has 1 amide bonds. The monoisotopic (exact) mass is 399 g/mol. The van der Waals surface area contributed by atoms with Crippen LogP contribution in [0, 0.1) is 6.92 Å². The van der Waals surface area contributed by atoms with E-state index in [9.17, 15) is 4.79 Å². The molecule has 0 aliphatic carbocycles. The van der Waals surface area contributed by atoms with Crippen molar-refractivity contribution in [3.63, 3.8) is 0 Å². The number of benzene rings is 1. The molecule has 6 nitrogen and oxygen atoms in total. The maximum absolute atomic E-state index is 12.8. The van der Waals surface area contributed by atoms with Gasteiger partial charge in [-0.2, -0.15) is 5.10 Å². The summed E-state index contributed by atoms with van der Waals surface area (Å²) >= 11 is 0. The van der Waals surface area contributed by atoms with Crippen LogP contribution in [0.5, 0.6) is 0 Å². The summed E-state index contributed by atoms with van der Waals surface area (Å²) in [5.74, 6) is 0.120. The van der Waals surface area contributed by atoms with Crippen molar-refractivity contribution in [3.8, 4) is 0 Å². The number of nitrogens with zero attached hydrogens (tertiary/aromatic N) is 4. The Bertz CT molecular complexity index is 713. The number of carbonyl (C=O) groups is 1. The molecule has 1 aliphatic rings.